The minimum Gasteiger partial charge on any atom is -0.478 e. The van der Waals surface area contributed by atoms with Crippen LogP contribution in [0.25, 0.3) is 11.6 Å². The molecule has 250 valence electrons. The first kappa shape index (κ1) is 32.8. The second-order valence-corrected chi connectivity index (χ2v) is 10.8. The van der Waals surface area contributed by atoms with Gasteiger partial charge in [0.1, 0.15) is 12.7 Å². The molecule has 0 atom stereocenters. The van der Waals surface area contributed by atoms with Gasteiger partial charge in [0.15, 0.2) is 23.0 Å². The molecule has 0 unspecified atom stereocenters. The summed E-state index contributed by atoms with van der Waals surface area (Å²) < 4.78 is 8.18. The third-order valence-corrected chi connectivity index (χ3v) is 7.54. The van der Waals surface area contributed by atoms with Crippen LogP contribution in [0, 0.1) is 0 Å². The second-order valence-electron chi connectivity index (χ2n) is 10.8. The maximum Gasteiger partial charge on any atom is 0.339 e. The van der Waals surface area contributed by atoms with Gasteiger partial charge in [-0.25, -0.2) is 19.6 Å². The average Bonchev–Trinajstić information content (AvgIpc) is 3.88. The number of rotatable bonds is 12. The molecule has 16 nitrogen and oxygen atoms in total. The second kappa shape index (κ2) is 14.8. The summed E-state index contributed by atoms with van der Waals surface area (Å²) in [5.74, 6) is -2.06. The van der Waals surface area contributed by atoms with E-state index in [2.05, 4.69) is 41.0 Å². The van der Waals surface area contributed by atoms with E-state index in [0.29, 0.717) is 30.9 Å². The van der Waals surface area contributed by atoms with Crippen LogP contribution in [0.2, 0.25) is 0 Å². The smallest absolute Gasteiger partial charge is 0.339 e. The Balaban J connectivity index is 1.12. The van der Waals surface area contributed by atoms with Crippen LogP contribution < -0.4 is 10.6 Å². The van der Waals surface area contributed by atoms with Gasteiger partial charge >= 0.3 is 11.9 Å². The Labute approximate surface area is 283 Å². The Morgan fingerprint density at radius 3 is 1.60 bits per heavy atom. The number of imidazole rings is 2. The van der Waals surface area contributed by atoms with Crippen molar-refractivity contribution in [3.63, 3.8) is 0 Å². The van der Waals surface area contributed by atoms with Gasteiger partial charge in [-0.15, -0.1) is 20.4 Å². The van der Waals surface area contributed by atoms with Gasteiger partial charge in [-0.3, -0.25) is 18.7 Å². The maximum atomic E-state index is 13.1. The number of methoxy groups -OCH3 is 1. The Bertz CT molecular complexity index is 2150. The molecule has 0 fully saturated rings. The summed E-state index contributed by atoms with van der Waals surface area (Å²) in [5, 5.41) is 31.2. The molecule has 6 rings (SSSR count). The SMILES string of the molecule is COC(=O)c1ccc(CCCc2ccc(C(=O)O)c(NC(=O)c3ccc(-n4ccnc4)nn3)c2)cc1NC(=O)c1ccc(-n2ccnc2)nn1. The van der Waals surface area contributed by atoms with E-state index in [1.54, 1.807) is 89.0 Å². The molecule has 0 bridgehead atoms. The normalized spacial score (nSPS) is 10.7. The Kier molecular flexibility index (Phi) is 9.69. The van der Waals surface area contributed by atoms with Gasteiger partial charge in [0.25, 0.3) is 11.8 Å². The predicted octanol–water partition coefficient (Wildman–Crippen LogP) is 3.80. The van der Waals surface area contributed by atoms with Gasteiger partial charge < -0.3 is 20.5 Å². The minimum absolute atomic E-state index is 0.00689. The van der Waals surface area contributed by atoms with E-state index >= 15 is 0 Å². The topological polar surface area (TPSA) is 209 Å². The molecule has 0 radical (unpaired) electrons. The van der Waals surface area contributed by atoms with Crippen LogP contribution in [-0.4, -0.2) is 75.5 Å². The van der Waals surface area contributed by atoms with Crippen LogP contribution in [0.1, 0.15) is 59.2 Å². The molecule has 0 aliphatic carbocycles. The van der Waals surface area contributed by atoms with Crippen LogP contribution >= 0.6 is 0 Å². The van der Waals surface area contributed by atoms with Crippen LogP contribution in [0.15, 0.2) is 98.1 Å². The lowest BCUT2D eigenvalue weighted by atomic mass is 10.00. The number of hydrogen-bond acceptors (Lipinski definition) is 11. The largest absolute Gasteiger partial charge is 0.478 e. The fraction of sp³-hybridized carbons (Fsp3) is 0.118. The van der Waals surface area contributed by atoms with E-state index in [0.717, 1.165) is 11.1 Å². The molecule has 3 N–H and O–H groups in total. The van der Waals surface area contributed by atoms with E-state index in [9.17, 15) is 24.3 Å². The van der Waals surface area contributed by atoms with Crippen molar-refractivity contribution < 1.29 is 29.0 Å². The standard InChI is InChI=1S/C34H28N10O6/c1-50-34(49)24-8-6-22(18-28(24)38-32(46)26-10-12-30(42-40-26)44-16-14-36-20-44)4-2-3-21-5-7-23(33(47)48)27(17-21)37-31(45)25-9-11-29(41-39-25)43-15-13-35-19-43/h5-20H,2-4H2,1H3,(H,37,45)(H,38,46)(H,47,48). The number of hydrogen-bond donors (Lipinski definition) is 3. The lowest BCUT2D eigenvalue weighted by molar-refractivity contribution is 0.0600. The first-order valence-corrected chi connectivity index (χ1v) is 15.1. The van der Waals surface area contributed by atoms with Crippen molar-refractivity contribution in [3.8, 4) is 11.6 Å². The molecular weight excluding hydrogens is 644 g/mol. The van der Waals surface area contributed by atoms with Gasteiger partial charge in [0.2, 0.25) is 0 Å². The number of nitrogens with zero attached hydrogens (tertiary/aromatic N) is 8. The van der Waals surface area contributed by atoms with Gasteiger partial charge in [0.05, 0.1) is 29.6 Å². The number of anilines is 2. The number of nitrogens with one attached hydrogen (secondary N) is 2. The molecule has 0 spiro atoms. The molecule has 4 heterocycles. The summed E-state index contributed by atoms with van der Waals surface area (Å²) in [7, 11) is 1.25. The number of carboxylic acids is 1. The van der Waals surface area contributed by atoms with Crippen molar-refractivity contribution in [1.82, 2.24) is 39.5 Å². The van der Waals surface area contributed by atoms with E-state index in [1.165, 1.54) is 25.3 Å². The van der Waals surface area contributed by atoms with Gasteiger partial charge in [-0.05, 0) is 78.9 Å². The van der Waals surface area contributed by atoms with E-state index < -0.39 is 23.8 Å². The molecule has 0 aliphatic rings. The molecule has 0 saturated heterocycles. The van der Waals surface area contributed by atoms with Crippen molar-refractivity contribution >= 4 is 35.1 Å². The van der Waals surface area contributed by atoms with E-state index in [4.69, 9.17) is 4.74 Å². The molecule has 0 aliphatic heterocycles. The Hall–Kier alpha value is -7.10. The number of ether oxygens (including phenoxy) is 1. The quantitative estimate of drug-likeness (QED) is 0.159. The number of carboxylic acid groups (broad SMARTS) is 1. The Morgan fingerprint density at radius 2 is 1.18 bits per heavy atom. The highest BCUT2D eigenvalue weighted by Gasteiger charge is 2.18. The van der Waals surface area contributed by atoms with Crippen molar-refractivity contribution in [1.29, 1.82) is 0 Å². The van der Waals surface area contributed by atoms with Crippen LogP contribution in [0.4, 0.5) is 11.4 Å². The lowest BCUT2D eigenvalue weighted by Crippen LogP contribution is -2.18. The number of aryl methyl sites for hydroxylation is 2. The summed E-state index contributed by atoms with van der Waals surface area (Å²) in [6.07, 6.45) is 11.4. The van der Waals surface area contributed by atoms with Crippen LogP contribution in [0.3, 0.4) is 0 Å². The van der Waals surface area contributed by atoms with Gasteiger partial charge in [0, 0.05) is 24.8 Å². The highest BCUT2D eigenvalue weighted by molar-refractivity contribution is 6.07. The lowest BCUT2D eigenvalue weighted by Gasteiger charge is -2.13. The number of amides is 2. The van der Waals surface area contributed by atoms with Crippen molar-refractivity contribution in [2.75, 3.05) is 17.7 Å². The monoisotopic (exact) mass is 672 g/mol. The first-order valence-electron chi connectivity index (χ1n) is 15.1. The van der Waals surface area contributed by atoms with E-state index in [1.807, 2.05) is 0 Å². The minimum atomic E-state index is -1.20. The molecular formula is C34H28N10O6. The summed E-state index contributed by atoms with van der Waals surface area (Å²) in [6.45, 7) is 0. The van der Waals surface area contributed by atoms with Crippen LogP contribution in [-0.2, 0) is 17.6 Å². The zero-order valence-corrected chi connectivity index (χ0v) is 26.4. The van der Waals surface area contributed by atoms with Crippen molar-refractivity contribution in [2.45, 2.75) is 19.3 Å². The fourth-order valence-electron chi connectivity index (χ4n) is 5.00. The molecule has 0 saturated carbocycles. The number of esters is 1. The summed E-state index contributed by atoms with van der Waals surface area (Å²) in [6, 6.07) is 16.0. The van der Waals surface area contributed by atoms with Crippen molar-refractivity contribution in [3.05, 3.63) is 132 Å². The summed E-state index contributed by atoms with van der Waals surface area (Å²) in [5.41, 5.74) is 2.11. The number of benzene rings is 2. The summed E-state index contributed by atoms with van der Waals surface area (Å²) in [4.78, 5) is 58.3. The predicted molar refractivity (Wildman–Crippen MR) is 177 cm³/mol. The first-order chi connectivity index (χ1) is 24.3. The van der Waals surface area contributed by atoms with E-state index in [-0.39, 0.29) is 33.9 Å². The molecule has 16 heteroatoms. The number of carbonyl (C=O) groups excluding carboxylic acids is 3. The molecule has 4 aromatic heterocycles. The molecule has 6 aromatic rings. The number of aromatic carboxylic acids is 1. The Morgan fingerprint density at radius 1 is 0.680 bits per heavy atom. The molecule has 2 aromatic carbocycles. The van der Waals surface area contributed by atoms with Gasteiger partial charge in [-0.2, -0.15) is 0 Å². The zero-order valence-electron chi connectivity index (χ0n) is 26.4. The number of aromatic nitrogens is 8. The third-order valence-electron chi connectivity index (χ3n) is 7.54. The van der Waals surface area contributed by atoms with Gasteiger partial charge in [-0.1, -0.05) is 12.1 Å². The maximum absolute atomic E-state index is 13.1. The third kappa shape index (κ3) is 7.54. The highest BCUT2D eigenvalue weighted by Crippen LogP contribution is 2.23. The zero-order chi connectivity index (χ0) is 35.0. The highest BCUT2D eigenvalue weighted by atomic mass is 16.5. The molecule has 50 heavy (non-hydrogen) atoms. The average molecular weight is 673 g/mol. The summed E-state index contributed by atoms with van der Waals surface area (Å²) >= 11 is 0. The van der Waals surface area contributed by atoms with Crippen LogP contribution in [0.5, 0.6) is 0 Å². The van der Waals surface area contributed by atoms with Crippen molar-refractivity contribution in [2.24, 2.45) is 0 Å². The fourth-order valence-corrected chi connectivity index (χ4v) is 5.00. The number of carbonyl (C=O) groups is 4. The molecule has 2 amide bonds.